The van der Waals surface area contributed by atoms with E-state index in [1.54, 1.807) is 25.3 Å². The molecule has 0 bridgehead atoms. The highest BCUT2D eigenvalue weighted by Crippen LogP contribution is 2.20. The number of hydrogen-bond acceptors (Lipinski definition) is 6. The Bertz CT molecular complexity index is 582. The number of fused-ring (bicyclic) bond motifs is 1. The zero-order chi connectivity index (χ0) is 14.4. The largest absolute Gasteiger partial charge is 0.423 e. The van der Waals surface area contributed by atoms with Gasteiger partial charge >= 0.3 is 0 Å². The number of ether oxygens (including phenoxy) is 1. The van der Waals surface area contributed by atoms with Gasteiger partial charge in [0.05, 0.1) is 6.61 Å². The highest BCUT2D eigenvalue weighted by Gasteiger charge is 2.06. The molecule has 0 radical (unpaired) electrons. The van der Waals surface area contributed by atoms with Crippen LogP contribution in [0.5, 0.6) is 0 Å². The first-order valence-corrected chi connectivity index (χ1v) is 6.34. The minimum absolute atomic E-state index is 0.0464. The molecule has 0 aliphatic heterocycles. The summed E-state index contributed by atoms with van der Waals surface area (Å²) in [6.07, 6.45) is 0.338. The van der Waals surface area contributed by atoms with Crippen LogP contribution in [0.4, 0.5) is 11.7 Å². The van der Waals surface area contributed by atoms with Gasteiger partial charge in [-0.2, -0.15) is 4.98 Å². The monoisotopic (exact) mass is 278 g/mol. The van der Waals surface area contributed by atoms with E-state index in [2.05, 4.69) is 15.6 Å². The second kappa shape index (κ2) is 6.76. The number of rotatable bonds is 7. The molecule has 7 nitrogen and oxygen atoms in total. The maximum atomic E-state index is 11.5. The van der Waals surface area contributed by atoms with E-state index in [0.29, 0.717) is 43.4 Å². The fraction of sp³-hybridized carbons (Fsp3) is 0.385. The maximum absolute atomic E-state index is 11.5. The zero-order valence-electron chi connectivity index (χ0n) is 11.3. The van der Waals surface area contributed by atoms with E-state index in [-0.39, 0.29) is 5.91 Å². The normalized spacial score (nSPS) is 10.7. The fourth-order valence-electron chi connectivity index (χ4n) is 1.68. The van der Waals surface area contributed by atoms with Crippen molar-refractivity contribution in [3.63, 3.8) is 0 Å². The molecule has 1 aromatic heterocycles. The van der Waals surface area contributed by atoms with Crippen LogP contribution in [0, 0.1) is 0 Å². The van der Waals surface area contributed by atoms with Gasteiger partial charge in [-0.25, -0.2) is 0 Å². The van der Waals surface area contributed by atoms with E-state index in [4.69, 9.17) is 14.9 Å². The molecular formula is C13H18N4O3. The molecule has 0 aliphatic carbocycles. The molecule has 2 aromatic rings. The first kappa shape index (κ1) is 14.1. The molecule has 20 heavy (non-hydrogen) atoms. The van der Waals surface area contributed by atoms with Gasteiger partial charge in [-0.3, -0.25) is 4.79 Å². The summed E-state index contributed by atoms with van der Waals surface area (Å²) < 4.78 is 10.3. The first-order valence-electron chi connectivity index (χ1n) is 6.34. The molecule has 0 aliphatic rings. The molecule has 0 saturated heterocycles. The number of methoxy groups -OCH3 is 1. The van der Waals surface area contributed by atoms with Gasteiger partial charge in [0, 0.05) is 38.4 Å². The topological polar surface area (TPSA) is 102 Å². The van der Waals surface area contributed by atoms with Crippen molar-refractivity contribution < 1.29 is 13.9 Å². The third-order valence-corrected chi connectivity index (χ3v) is 2.67. The molecule has 0 saturated carbocycles. The van der Waals surface area contributed by atoms with E-state index in [1.807, 2.05) is 0 Å². The Morgan fingerprint density at radius 1 is 1.45 bits per heavy atom. The van der Waals surface area contributed by atoms with E-state index in [1.165, 1.54) is 0 Å². The fourth-order valence-corrected chi connectivity index (χ4v) is 1.68. The molecule has 1 heterocycles. The Kier molecular flexibility index (Phi) is 4.78. The van der Waals surface area contributed by atoms with Crippen molar-refractivity contribution in [2.45, 2.75) is 6.42 Å². The van der Waals surface area contributed by atoms with Crippen LogP contribution in [0.15, 0.2) is 22.6 Å². The van der Waals surface area contributed by atoms with Crippen molar-refractivity contribution in [1.29, 1.82) is 0 Å². The highest BCUT2D eigenvalue weighted by atomic mass is 16.5. The van der Waals surface area contributed by atoms with E-state index < -0.39 is 0 Å². The molecule has 0 spiro atoms. The molecular weight excluding hydrogens is 260 g/mol. The molecule has 0 fully saturated rings. The highest BCUT2D eigenvalue weighted by molar-refractivity contribution is 5.78. The predicted octanol–water partition coefficient (Wildman–Crippen LogP) is 0.975. The van der Waals surface area contributed by atoms with Crippen molar-refractivity contribution >= 4 is 28.7 Å². The molecule has 7 heteroatoms. The standard InChI is InChI=1S/C13H18N4O3/c1-19-7-6-15-12(18)4-5-16-13-17-10-3-2-9(14)8-11(10)20-13/h2-3,8H,4-7,14H2,1H3,(H,15,18)(H,16,17). The van der Waals surface area contributed by atoms with E-state index >= 15 is 0 Å². The number of oxazole rings is 1. The molecule has 1 aromatic carbocycles. The summed E-state index contributed by atoms with van der Waals surface area (Å²) in [4.78, 5) is 15.7. The molecule has 0 unspecified atom stereocenters. The van der Waals surface area contributed by atoms with Crippen molar-refractivity contribution in [1.82, 2.24) is 10.3 Å². The molecule has 108 valence electrons. The smallest absolute Gasteiger partial charge is 0.295 e. The van der Waals surface area contributed by atoms with E-state index in [0.717, 1.165) is 5.52 Å². The number of hydrogen-bond donors (Lipinski definition) is 3. The van der Waals surface area contributed by atoms with Crippen LogP contribution in [0.2, 0.25) is 0 Å². The SMILES string of the molecule is COCCNC(=O)CCNc1nc2ccc(N)cc2o1. The third kappa shape index (κ3) is 3.86. The number of nitrogen functional groups attached to an aromatic ring is 1. The lowest BCUT2D eigenvalue weighted by Gasteiger charge is -2.04. The maximum Gasteiger partial charge on any atom is 0.295 e. The van der Waals surface area contributed by atoms with Crippen molar-refractivity contribution in [3.05, 3.63) is 18.2 Å². The van der Waals surface area contributed by atoms with Gasteiger partial charge in [0.15, 0.2) is 5.58 Å². The summed E-state index contributed by atoms with van der Waals surface area (Å²) in [6.45, 7) is 1.46. The summed E-state index contributed by atoms with van der Waals surface area (Å²) in [5.41, 5.74) is 7.63. The summed E-state index contributed by atoms with van der Waals surface area (Å²) in [5, 5.41) is 5.70. The lowest BCUT2D eigenvalue weighted by atomic mass is 10.3. The van der Waals surface area contributed by atoms with Crippen LogP contribution in [0.3, 0.4) is 0 Å². The number of nitrogens with two attached hydrogens (primary N) is 1. The number of aromatic nitrogens is 1. The van der Waals surface area contributed by atoms with Crippen molar-refractivity contribution in [2.24, 2.45) is 0 Å². The van der Waals surface area contributed by atoms with Crippen LogP contribution in [0.25, 0.3) is 11.1 Å². The number of nitrogens with one attached hydrogen (secondary N) is 2. The van der Waals surface area contributed by atoms with Crippen molar-refractivity contribution in [2.75, 3.05) is 37.9 Å². The van der Waals surface area contributed by atoms with E-state index in [9.17, 15) is 4.79 Å². The second-order valence-electron chi connectivity index (χ2n) is 4.27. The summed E-state index contributed by atoms with van der Waals surface area (Å²) in [7, 11) is 1.59. The summed E-state index contributed by atoms with van der Waals surface area (Å²) in [6, 6.07) is 5.65. The van der Waals surface area contributed by atoms with Crippen LogP contribution in [-0.2, 0) is 9.53 Å². The average molecular weight is 278 g/mol. The van der Waals surface area contributed by atoms with Gasteiger partial charge < -0.3 is 25.5 Å². The van der Waals surface area contributed by atoms with Crippen LogP contribution >= 0.6 is 0 Å². The molecule has 0 atom stereocenters. The first-order chi connectivity index (χ1) is 9.69. The van der Waals surface area contributed by atoms with Crippen LogP contribution in [0.1, 0.15) is 6.42 Å². The van der Waals surface area contributed by atoms with Gasteiger partial charge in [-0.05, 0) is 12.1 Å². The zero-order valence-corrected chi connectivity index (χ0v) is 11.3. The predicted molar refractivity (Wildman–Crippen MR) is 76.4 cm³/mol. The number of amides is 1. The minimum atomic E-state index is -0.0464. The number of nitrogens with zero attached hydrogens (tertiary/aromatic N) is 1. The lowest BCUT2D eigenvalue weighted by molar-refractivity contribution is -0.121. The quantitative estimate of drug-likeness (QED) is 0.515. The van der Waals surface area contributed by atoms with Gasteiger partial charge in [0.2, 0.25) is 5.91 Å². The molecule has 1 amide bonds. The Morgan fingerprint density at radius 2 is 2.30 bits per heavy atom. The van der Waals surface area contributed by atoms with Gasteiger partial charge in [0.1, 0.15) is 5.52 Å². The van der Waals surface area contributed by atoms with Gasteiger partial charge in [0.25, 0.3) is 6.01 Å². The van der Waals surface area contributed by atoms with Crippen LogP contribution in [-0.4, -0.2) is 37.7 Å². The van der Waals surface area contributed by atoms with Crippen LogP contribution < -0.4 is 16.4 Å². The van der Waals surface area contributed by atoms with Crippen molar-refractivity contribution in [3.8, 4) is 0 Å². The summed E-state index contributed by atoms with van der Waals surface area (Å²) >= 11 is 0. The second-order valence-corrected chi connectivity index (χ2v) is 4.27. The molecule has 4 N–H and O–H groups in total. The Morgan fingerprint density at radius 3 is 3.10 bits per heavy atom. The number of carbonyl (C=O) groups is 1. The molecule has 2 rings (SSSR count). The Hall–Kier alpha value is -2.28. The number of benzene rings is 1. The summed E-state index contributed by atoms with van der Waals surface area (Å²) in [5.74, 6) is -0.0464. The Labute approximate surface area is 116 Å². The third-order valence-electron chi connectivity index (χ3n) is 2.67. The average Bonchev–Trinajstić information content (AvgIpc) is 2.81. The lowest BCUT2D eigenvalue weighted by Crippen LogP contribution is -2.28. The number of anilines is 2. The number of carbonyl (C=O) groups excluding carboxylic acids is 1. The Balaban J connectivity index is 1.79. The minimum Gasteiger partial charge on any atom is -0.423 e. The van der Waals surface area contributed by atoms with Gasteiger partial charge in [-0.15, -0.1) is 0 Å². The van der Waals surface area contributed by atoms with Gasteiger partial charge in [-0.1, -0.05) is 0 Å².